The van der Waals surface area contributed by atoms with Crippen LogP contribution < -0.4 is 0 Å². The number of benzene rings is 1. The van der Waals surface area contributed by atoms with Crippen LogP contribution in [0.1, 0.15) is 37.9 Å². The fraction of sp³-hybridized carbons (Fsp3) is 0.462. The van der Waals surface area contributed by atoms with Crippen LogP contribution in [0.3, 0.4) is 0 Å². The first-order chi connectivity index (χ1) is 8.03. The van der Waals surface area contributed by atoms with E-state index in [9.17, 15) is 0 Å². The van der Waals surface area contributed by atoms with E-state index in [0.717, 1.165) is 21.9 Å². The summed E-state index contributed by atoms with van der Waals surface area (Å²) in [5.74, 6) is 0.926. The molecule has 1 atom stereocenters. The maximum Gasteiger partial charge on any atom is 0.128 e. The highest BCUT2D eigenvalue weighted by molar-refractivity contribution is 6.35. The molecule has 1 fully saturated rings. The largest absolute Gasteiger partial charge is 0.320 e. The first kappa shape index (κ1) is 11.4. The van der Waals surface area contributed by atoms with Gasteiger partial charge in [-0.05, 0) is 38.8 Å². The lowest BCUT2D eigenvalue weighted by atomic mass is 10.2. The molecule has 0 saturated heterocycles. The van der Waals surface area contributed by atoms with Gasteiger partial charge in [-0.1, -0.05) is 17.7 Å². The van der Waals surface area contributed by atoms with Crippen molar-refractivity contribution in [3.05, 3.63) is 29.0 Å². The van der Waals surface area contributed by atoms with Gasteiger partial charge in [0.15, 0.2) is 0 Å². The van der Waals surface area contributed by atoms with Gasteiger partial charge in [0.05, 0.1) is 21.4 Å². The molecule has 0 amide bonds. The molecule has 2 aromatic rings. The minimum Gasteiger partial charge on any atom is -0.320 e. The first-order valence-electron chi connectivity index (χ1n) is 5.84. The number of hydrogen-bond acceptors (Lipinski definition) is 1. The molecule has 1 saturated carbocycles. The van der Waals surface area contributed by atoms with Crippen LogP contribution in [0.5, 0.6) is 0 Å². The number of imidazole rings is 1. The Balaban J connectivity index is 2.38. The van der Waals surface area contributed by atoms with Crippen LogP contribution in [-0.2, 0) is 5.54 Å². The van der Waals surface area contributed by atoms with Crippen molar-refractivity contribution in [1.82, 2.24) is 9.55 Å². The Bertz CT molecular complexity index is 582. The average molecular weight is 269 g/mol. The van der Waals surface area contributed by atoms with Gasteiger partial charge < -0.3 is 4.57 Å². The maximum atomic E-state index is 6.31. The highest BCUT2D eigenvalue weighted by Gasteiger charge is 2.42. The van der Waals surface area contributed by atoms with Crippen molar-refractivity contribution in [1.29, 1.82) is 0 Å². The van der Waals surface area contributed by atoms with Gasteiger partial charge in [-0.3, -0.25) is 0 Å². The number of hydrogen-bond donors (Lipinski definition) is 0. The lowest BCUT2D eigenvalue weighted by Gasteiger charge is -2.17. The summed E-state index contributed by atoms with van der Waals surface area (Å²) >= 11 is 12.5. The highest BCUT2D eigenvalue weighted by atomic mass is 35.5. The van der Waals surface area contributed by atoms with Crippen LogP contribution in [-0.4, -0.2) is 9.55 Å². The Morgan fingerprint density at radius 1 is 1.41 bits per heavy atom. The van der Waals surface area contributed by atoms with E-state index in [0.29, 0.717) is 0 Å². The average Bonchev–Trinajstić information content (AvgIpc) is 2.88. The molecule has 0 bridgehead atoms. The van der Waals surface area contributed by atoms with Gasteiger partial charge in [0.25, 0.3) is 0 Å². The van der Waals surface area contributed by atoms with E-state index in [1.54, 1.807) is 0 Å². The highest BCUT2D eigenvalue weighted by Crippen LogP contribution is 2.47. The summed E-state index contributed by atoms with van der Waals surface area (Å²) in [6.07, 6.45) is 2.33. The van der Waals surface area contributed by atoms with E-state index in [4.69, 9.17) is 23.2 Å². The molecule has 0 N–H and O–H groups in total. The number of alkyl halides is 1. The Kier molecular flexibility index (Phi) is 2.43. The van der Waals surface area contributed by atoms with E-state index in [2.05, 4.69) is 16.5 Å². The summed E-state index contributed by atoms with van der Waals surface area (Å²) in [7, 11) is 0. The van der Waals surface area contributed by atoms with Crippen LogP contribution in [0.4, 0.5) is 0 Å². The van der Waals surface area contributed by atoms with Crippen LogP contribution in [0.25, 0.3) is 11.0 Å². The molecule has 1 aliphatic rings. The van der Waals surface area contributed by atoms with Crippen molar-refractivity contribution in [3.8, 4) is 0 Å². The molecule has 0 radical (unpaired) electrons. The Morgan fingerprint density at radius 2 is 2.12 bits per heavy atom. The van der Waals surface area contributed by atoms with Crippen molar-refractivity contribution in [2.75, 3.05) is 0 Å². The van der Waals surface area contributed by atoms with E-state index in [1.807, 2.05) is 25.1 Å². The smallest absolute Gasteiger partial charge is 0.128 e. The molecule has 0 aliphatic heterocycles. The molecule has 4 heteroatoms. The summed E-state index contributed by atoms with van der Waals surface area (Å²) in [6.45, 7) is 4.19. The van der Waals surface area contributed by atoms with Gasteiger partial charge in [0.2, 0.25) is 0 Å². The van der Waals surface area contributed by atoms with Gasteiger partial charge in [0.1, 0.15) is 5.82 Å². The molecule has 3 rings (SSSR count). The first-order valence-corrected chi connectivity index (χ1v) is 6.66. The number of aromatic nitrogens is 2. The topological polar surface area (TPSA) is 17.8 Å². The van der Waals surface area contributed by atoms with Crippen molar-refractivity contribution in [3.63, 3.8) is 0 Å². The van der Waals surface area contributed by atoms with Crippen molar-refractivity contribution >= 4 is 34.2 Å². The zero-order chi connectivity index (χ0) is 12.2. The lowest BCUT2D eigenvalue weighted by molar-refractivity contribution is 0.522. The molecule has 1 heterocycles. The van der Waals surface area contributed by atoms with Crippen molar-refractivity contribution in [2.45, 2.75) is 37.6 Å². The second kappa shape index (κ2) is 3.63. The summed E-state index contributed by atoms with van der Waals surface area (Å²) in [4.78, 5) is 4.63. The van der Waals surface area contributed by atoms with E-state index >= 15 is 0 Å². The minimum atomic E-state index is -0.101. The minimum absolute atomic E-state index is 0.101. The van der Waals surface area contributed by atoms with Crippen molar-refractivity contribution < 1.29 is 0 Å². The fourth-order valence-corrected chi connectivity index (χ4v) is 2.72. The third-order valence-electron chi connectivity index (χ3n) is 3.52. The van der Waals surface area contributed by atoms with Gasteiger partial charge in [-0.15, -0.1) is 11.6 Å². The van der Waals surface area contributed by atoms with E-state index < -0.39 is 0 Å². The molecule has 1 unspecified atom stereocenters. The normalized spacial score (nSPS) is 19.5. The van der Waals surface area contributed by atoms with E-state index in [1.165, 1.54) is 12.8 Å². The zero-order valence-electron chi connectivity index (χ0n) is 9.87. The predicted octanol–water partition coefficient (Wildman–Crippen LogP) is 4.50. The van der Waals surface area contributed by atoms with Crippen LogP contribution in [0.15, 0.2) is 18.2 Å². The molecule has 17 heavy (non-hydrogen) atoms. The zero-order valence-corrected chi connectivity index (χ0v) is 11.4. The molecule has 0 spiro atoms. The number of fused-ring (bicyclic) bond motifs is 1. The molecule has 1 aromatic carbocycles. The van der Waals surface area contributed by atoms with Gasteiger partial charge >= 0.3 is 0 Å². The van der Waals surface area contributed by atoms with Gasteiger partial charge in [-0.25, -0.2) is 4.98 Å². The molecule has 90 valence electrons. The summed E-state index contributed by atoms with van der Waals surface area (Å²) in [5, 5.41) is 0.655. The van der Waals surface area contributed by atoms with E-state index in [-0.39, 0.29) is 10.9 Å². The van der Waals surface area contributed by atoms with Crippen molar-refractivity contribution in [2.24, 2.45) is 0 Å². The third-order valence-corrected chi connectivity index (χ3v) is 4.02. The molecular formula is C13H14Cl2N2. The fourth-order valence-electron chi connectivity index (χ4n) is 2.32. The summed E-state index contributed by atoms with van der Waals surface area (Å²) in [6, 6.07) is 5.84. The lowest BCUT2D eigenvalue weighted by Crippen LogP contribution is -2.16. The Morgan fingerprint density at radius 3 is 2.71 bits per heavy atom. The van der Waals surface area contributed by atoms with Crippen LogP contribution in [0, 0.1) is 0 Å². The quantitative estimate of drug-likeness (QED) is 0.734. The number of rotatable bonds is 2. The van der Waals surface area contributed by atoms with Crippen LogP contribution >= 0.6 is 23.2 Å². The maximum absolute atomic E-state index is 6.31. The Labute approximate surface area is 111 Å². The SMILES string of the molecule is CC(Cl)c1nc2cccc(Cl)c2n1C1(C)CC1. The van der Waals surface area contributed by atoms with Crippen LogP contribution in [0.2, 0.25) is 5.02 Å². The number of halogens is 2. The second-order valence-corrected chi connectivity index (χ2v) is 6.09. The molecular weight excluding hydrogens is 255 g/mol. The standard InChI is InChI=1S/C13H14Cl2N2/c1-8(14)12-16-10-5-3-4-9(15)11(10)17(12)13(2)6-7-13/h3-5,8H,6-7H2,1-2H3. The third kappa shape index (κ3) is 1.66. The predicted molar refractivity (Wildman–Crippen MR) is 71.9 cm³/mol. The molecule has 1 aromatic heterocycles. The molecule has 1 aliphatic carbocycles. The monoisotopic (exact) mass is 268 g/mol. The second-order valence-electron chi connectivity index (χ2n) is 5.03. The summed E-state index contributed by atoms with van der Waals surface area (Å²) < 4.78 is 2.24. The Hall–Kier alpha value is -0.730. The van der Waals surface area contributed by atoms with Gasteiger partial charge in [0, 0.05) is 5.54 Å². The molecule has 2 nitrogen and oxygen atoms in total. The summed E-state index contributed by atoms with van der Waals surface area (Å²) in [5.41, 5.74) is 2.11. The number of para-hydroxylation sites is 1. The number of nitrogens with zero attached hydrogens (tertiary/aromatic N) is 2. The van der Waals surface area contributed by atoms with Gasteiger partial charge in [-0.2, -0.15) is 0 Å².